The number of hydrogen-bond donors (Lipinski definition) is 1. The predicted octanol–water partition coefficient (Wildman–Crippen LogP) is 4.82. The second-order valence-electron chi connectivity index (χ2n) is 7.11. The van der Waals surface area contributed by atoms with E-state index in [0.717, 1.165) is 0 Å². The molecule has 4 saturated carbocycles. The third kappa shape index (κ3) is 1.58. The normalized spacial score (nSPS) is 45.6. The van der Waals surface area contributed by atoms with Gasteiger partial charge in [-0.25, -0.2) is 13.2 Å². The minimum absolute atomic E-state index is 2.78. The van der Waals surface area contributed by atoms with Crippen molar-refractivity contribution in [1.29, 1.82) is 0 Å². The third-order valence-electron chi connectivity index (χ3n) is 5.91. The van der Waals surface area contributed by atoms with Crippen LogP contribution in [0.3, 0.4) is 0 Å². The topological polar surface area (TPSA) is 29.5 Å². The smallest absolute Gasteiger partial charge is 0.339 e. The van der Waals surface area contributed by atoms with Crippen molar-refractivity contribution < 1.29 is 84.5 Å². The van der Waals surface area contributed by atoms with Gasteiger partial charge >= 0.3 is 53.0 Å². The fourth-order valence-electron chi connectivity index (χ4n) is 4.34. The first-order chi connectivity index (χ1) is 13.8. The number of ether oxygens (including phenoxy) is 1. The Bertz CT molecular complexity index is 789. The molecular weight excluding hydrogens is 511 g/mol. The minimum Gasteiger partial charge on any atom is -0.373 e. The molecule has 0 spiro atoms. The van der Waals surface area contributed by atoms with E-state index in [1.165, 1.54) is 0 Å². The van der Waals surface area contributed by atoms with Crippen LogP contribution in [-0.4, -0.2) is 69.8 Å². The summed E-state index contributed by atoms with van der Waals surface area (Å²) in [6.45, 7) is -3.31. The van der Waals surface area contributed by atoms with Gasteiger partial charge < -0.3 is 9.84 Å². The fraction of sp³-hybridized carbons (Fsp3) is 0.846. The molecule has 0 aromatic carbocycles. The van der Waals surface area contributed by atoms with Crippen LogP contribution in [0.4, 0.5) is 74.6 Å². The molecule has 1 N–H and O–H groups in total. The zero-order chi connectivity index (χ0) is 25.6. The van der Waals surface area contributed by atoms with Gasteiger partial charge in [0, 0.05) is 0 Å². The lowest BCUT2D eigenvalue weighted by atomic mass is 9.39. The summed E-state index contributed by atoms with van der Waals surface area (Å²) in [5.74, 6) is -50.3. The molecule has 2 atom stereocenters. The molecule has 0 aromatic rings. The largest absolute Gasteiger partial charge is 0.373 e. The molecule has 0 amide bonds. The van der Waals surface area contributed by atoms with Crippen molar-refractivity contribution in [2.24, 2.45) is 0 Å². The van der Waals surface area contributed by atoms with Crippen LogP contribution in [0.5, 0.6) is 0 Å². The van der Waals surface area contributed by atoms with Crippen molar-refractivity contribution >= 4 is 0 Å². The summed E-state index contributed by atoms with van der Waals surface area (Å²) in [7, 11) is 0. The van der Waals surface area contributed by atoms with Crippen molar-refractivity contribution in [2.75, 3.05) is 6.61 Å². The highest BCUT2D eigenvalue weighted by molar-refractivity contribution is 5.54. The molecule has 2 unspecified atom stereocenters. The van der Waals surface area contributed by atoms with Gasteiger partial charge in [-0.2, -0.15) is 61.5 Å². The lowest BCUT2D eigenvalue weighted by Crippen LogP contribution is -3.10. The maximum absolute atomic E-state index is 14.7. The Hall–Kier alpha value is -1.53. The highest BCUT2D eigenvalue weighted by Crippen LogP contribution is 2.87. The van der Waals surface area contributed by atoms with E-state index in [-0.39, 0.29) is 0 Å². The van der Waals surface area contributed by atoms with Crippen molar-refractivity contribution in [2.45, 2.75) is 58.1 Å². The van der Waals surface area contributed by atoms with Gasteiger partial charge in [0.05, 0.1) is 0 Å². The zero-order valence-electron chi connectivity index (χ0n) is 14.0. The van der Waals surface area contributed by atoms with Crippen LogP contribution in [0.25, 0.3) is 0 Å². The van der Waals surface area contributed by atoms with E-state index in [2.05, 4.69) is 4.74 Å². The van der Waals surface area contributed by atoms with Gasteiger partial charge in [-0.3, -0.25) is 0 Å². The average Bonchev–Trinajstić information content (AvgIpc) is 2.61. The van der Waals surface area contributed by atoms with Gasteiger partial charge in [0.15, 0.2) is 5.83 Å². The summed E-state index contributed by atoms with van der Waals surface area (Å²) in [6, 6.07) is 0. The second-order valence-corrected chi connectivity index (χ2v) is 7.11. The Morgan fingerprint density at radius 1 is 0.531 bits per heavy atom. The Morgan fingerprint density at radius 2 is 0.875 bits per heavy atom. The van der Waals surface area contributed by atoms with Gasteiger partial charge in [-0.05, 0) is 0 Å². The van der Waals surface area contributed by atoms with Gasteiger partial charge in [0.2, 0.25) is 0 Å². The molecule has 0 saturated heterocycles. The molecule has 4 bridgehead atoms. The lowest BCUT2D eigenvalue weighted by Gasteiger charge is -2.75. The number of rotatable bonds is 3. The summed E-state index contributed by atoms with van der Waals surface area (Å²) < 4.78 is 241. The molecule has 0 heterocycles. The van der Waals surface area contributed by atoms with E-state index in [1.54, 1.807) is 0 Å². The monoisotopic (exact) mass is 514 g/mol. The number of alkyl halides is 14. The van der Waals surface area contributed by atoms with E-state index in [1.807, 2.05) is 0 Å². The summed E-state index contributed by atoms with van der Waals surface area (Å²) in [5, 5.41) is 9.29. The quantitative estimate of drug-likeness (QED) is 0.548. The first-order valence-corrected chi connectivity index (χ1v) is 7.53. The third-order valence-corrected chi connectivity index (χ3v) is 5.91. The minimum atomic E-state index is -7.95. The van der Waals surface area contributed by atoms with E-state index in [0.29, 0.717) is 0 Å². The lowest BCUT2D eigenvalue weighted by molar-refractivity contribution is -0.626. The van der Waals surface area contributed by atoms with Crippen LogP contribution >= 0.6 is 0 Å². The number of hydrogen-bond acceptors (Lipinski definition) is 2. The maximum atomic E-state index is 14.7. The average molecular weight is 514 g/mol. The zero-order valence-corrected chi connectivity index (χ0v) is 14.0. The van der Waals surface area contributed by atoms with E-state index < -0.39 is 76.6 Å². The van der Waals surface area contributed by atoms with Crippen LogP contribution in [-0.2, 0) is 4.74 Å². The summed E-state index contributed by atoms with van der Waals surface area (Å²) in [6.07, 6.45) is -3.71. The Kier molecular flexibility index (Phi) is 4.24. The van der Waals surface area contributed by atoms with Crippen molar-refractivity contribution in [3.63, 3.8) is 0 Å². The molecule has 0 aromatic heterocycles. The first kappa shape index (κ1) is 25.1. The van der Waals surface area contributed by atoms with Crippen LogP contribution in [0.1, 0.15) is 0 Å². The molecule has 2 nitrogen and oxygen atoms in total. The van der Waals surface area contributed by atoms with Crippen molar-refractivity contribution in [3.8, 4) is 0 Å². The SMILES string of the molecule is OC12C(F)(F)C3(F)C(F)(F)C(F)(C1(F)F)C(F)(F)C(OCC(F)=C(F)F)(C2(F)F)C3(F)F. The molecule has 32 heavy (non-hydrogen) atoms. The van der Waals surface area contributed by atoms with E-state index in [9.17, 15) is 79.7 Å². The second kappa shape index (κ2) is 5.41. The number of aliphatic hydroxyl groups is 1. The predicted molar refractivity (Wildman–Crippen MR) is 61.3 cm³/mol. The molecule has 186 valence electrons. The molecule has 4 fully saturated rings. The van der Waals surface area contributed by atoms with Gasteiger partial charge in [0.1, 0.15) is 6.61 Å². The Morgan fingerprint density at radius 3 is 1.19 bits per heavy atom. The standard InChI is InChI=1S/C13H3F17O2/c14-2(3(15)16)1-32-7-11(25,26)4(17)8(19,20)5(18,12(7,27)28)10(23,24)6(31,9(4,21)22)13(7,29)30/h31H,1H2. The van der Waals surface area contributed by atoms with Gasteiger partial charge in [-0.1, -0.05) is 0 Å². The Balaban J connectivity index is 2.60. The van der Waals surface area contributed by atoms with Gasteiger partial charge in [0.25, 0.3) is 11.2 Å². The highest BCUT2D eigenvalue weighted by Gasteiger charge is 3.22. The van der Waals surface area contributed by atoms with Crippen LogP contribution in [0, 0.1) is 0 Å². The van der Waals surface area contributed by atoms with Crippen LogP contribution in [0.15, 0.2) is 11.9 Å². The maximum Gasteiger partial charge on any atom is 0.339 e. The summed E-state index contributed by atoms with van der Waals surface area (Å²) >= 11 is 0. The first-order valence-electron chi connectivity index (χ1n) is 7.53. The molecule has 19 heteroatoms. The fourth-order valence-corrected chi connectivity index (χ4v) is 4.34. The molecule has 4 aliphatic carbocycles. The van der Waals surface area contributed by atoms with E-state index in [4.69, 9.17) is 0 Å². The summed E-state index contributed by atoms with van der Waals surface area (Å²) in [4.78, 5) is 0. The van der Waals surface area contributed by atoms with Crippen LogP contribution in [0.2, 0.25) is 0 Å². The molecular formula is C13H3F17O2. The van der Waals surface area contributed by atoms with Crippen LogP contribution < -0.4 is 0 Å². The molecule has 4 rings (SSSR count). The van der Waals surface area contributed by atoms with Gasteiger partial charge in [-0.15, -0.1) is 0 Å². The molecule has 0 aliphatic heterocycles. The Labute approximate surface area is 162 Å². The highest BCUT2D eigenvalue weighted by atomic mass is 19.3. The molecule has 4 aliphatic rings. The van der Waals surface area contributed by atoms with Crippen molar-refractivity contribution in [1.82, 2.24) is 0 Å². The number of halogens is 17. The van der Waals surface area contributed by atoms with Crippen molar-refractivity contribution in [3.05, 3.63) is 11.9 Å². The van der Waals surface area contributed by atoms with E-state index >= 15 is 0 Å². The molecule has 0 radical (unpaired) electrons. The summed E-state index contributed by atoms with van der Waals surface area (Å²) in [5.41, 5.74) is -30.3.